The summed E-state index contributed by atoms with van der Waals surface area (Å²) in [6.07, 6.45) is -3.19. The summed E-state index contributed by atoms with van der Waals surface area (Å²) >= 11 is 0. The number of rotatable bonds is 2. The van der Waals surface area contributed by atoms with Crippen LogP contribution in [0.2, 0.25) is 0 Å². The first-order valence-corrected chi connectivity index (χ1v) is 4.20. The molecule has 0 aromatic carbocycles. The van der Waals surface area contributed by atoms with Crippen molar-refractivity contribution in [3.63, 3.8) is 0 Å². The largest absolute Gasteiger partial charge is 0.399 e. The number of hydrogen-bond donors (Lipinski definition) is 2. The summed E-state index contributed by atoms with van der Waals surface area (Å²) in [6, 6.07) is 0. The molecule has 2 rings (SSSR count). The topological polar surface area (TPSA) is 65.5 Å². The van der Waals surface area contributed by atoms with E-state index >= 15 is 0 Å². The van der Waals surface area contributed by atoms with Crippen LogP contribution in [0, 0.1) is 17.2 Å². The average molecular weight is 206 g/mol. The lowest BCUT2D eigenvalue weighted by molar-refractivity contribution is -0.162. The summed E-state index contributed by atoms with van der Waals surface area (Å²) in [4.78, 5) is 3.41. The van der Waals surface area contributed by atoms with Gasteiger partial charge in [-0.15, -0.1) is 0 Å². The molecule has 2 aliphatic rings. The van der Waals surface area contributed by atoms with Crippen molar-refractivity contribution >= 4 is 11.8 Å². The van der Waals surface area contributed by atoms with Gasteiger partial charge in [-0.2, -0.15) is 18.2 Å². The van der Waals surface area contributed by atoms with Crippen LogP contribution in [0.3, 0.4) is 0 Å². The van der Waals surface area contributed by atoms with Crippen LogP contribution in [0.25, 0.3) is 0 Å². The van der Waals surface area contributed by atoms with E-state index in [-0.39, 0.29) is 11.8 Å². The minimum absolute atomic E-state index is 0.218. The quantitative estimate of drug-likeness (QED) is 0.664. The van der Waals surface area contributed by atoms with Crippen LogP contribution < -0.4 is 5.84 Å². The SMILES string of the molecule is N=C1N=C(C(C2CC2)C(F)(F)F)N1N. The van der Waals surface area contributed by atoms with Crippen molar-refractivity contribution in [2.24, 2.45) is 22.7 Å². The molecule has 0 spiro atoms. The Morgan fingerprint density at radius 2 is 2.07 bits per heavy atom. The molecule has 0 radical (unpaired) electrons. The van der Waals surface area contributed by atoms with Crippen molar-refractivity contribution in [1.29, 1.82) is 5.41 Å². The molecule has 1 unspecified atom stereocenters. The number of hydrogen-bond acceptors (Lipinski definition) is 2. The maximum absolute atomic E-state index is 12.5. The van der Waals surface area contributed by atoms with E-state index in [9.17, 15) is 13.2 Å². The molecule has 1 aliphatic heterocycles. The summed E-state index contributed by atoms with van der Waals surface area (Å²) in [7, 11) is 0. The predicted octanol–water partition coefficient (Wildman–Crippen LogP) is 1.10. The molecule has 0 aromatic rings. The third kappa shape index (κ3) is 1.37. The number of nitrogens with one attached hydrogen (secondary N) is 1. The Kier molecular flexibility index (Phi) is 1.82. The zero-order chi connectivity index (χ0) is 10.5. The van der Waals surface area contributed by atoms with Gasteiger partial charge in [-0.3, -0.25) is 5.41 Å². The molecule has 0 amide bonds. The van der Waals surface area contributed by atoms with Crippen LogP contribution in [0.15, 0.2) is 4.99 Å². The van der Waals surface area contributed by atoms with Crippen LogP contribution in [0.1, 0.15) is 12.8 Å². The molecule has 0 saturated heterocycles. The fourth-order valence-electron chi connectivity index (χ4n) is 1.55. The Hall–Kier alpha value is -1.11. The lowest BCUT2D eigenvalue weighted by atomic mass is 10.00. The predicted molar refractivity (Wildman–Crippen MR) is 43.5 cm³/mol. The molecular weight excluding hydrogens is 197 g/mol. The van der Waals surface area contributed by atoms with Crippen molar-refractivity contribution < 1.29 is 13.2 Å². The smallest absolute Gasteiger partial charge is 0.266 e. The molecule has 78 valence electrons. The lowest BCUT2D eigenvalue weighted by Gasteiger charge is -2.33. The van der Waals surface area contributed by atoms with E-state index in [1.165, 1.54) is 0 Å². The Morgan fingerprint density at radius 1 is 1.50 bits per heavy atom. The van der Waals surface area contributed by atoms with Crippen molar-refractivity contribution in [1.82, 2.24) is 5.01 Å². The Balaban J connectivity index is 2.20. The fraction of sp³-hybridized carbons (Fsp3) is 0.714. The minimum Gasteiger partial charge on any atom is -0.266 e. The summed E-state index contributed by atoms with van der Waals surface area (Å²) in [5.74, 6) is 2.70. The van der Waals surface area contributed by atoms with Gasteiger partial charge in [-0.25, -0.2) is 10.9 Å². The number of alkyl halides is 3. The van der Waals surface area contributed by atoms with Crippen molar-refractivity contribution in [3.05, 3.63) is 0 Å². The highest BCUT2D eigenvalue weighted by atomic mass is 19.4. The molecule has 0 aromatic heterocycles. The van der Waals surface area contributed by atoms with Gasteiger partial charge in [0.25, 0.3) is 0 Å². The third-order valence-electron chi connectivity index (χ3n) is 2.42. The fourth-order valence-corrected chi connectivity index (χ4v) is 1.55. The first-order chi connectivity index (χ1) is 6.41. The van der Waals surface area contributed by atoms with Crippen LogP contribution in [0.5, 0.6) is 0 Å². The highest BCUT2D eigenvalue weighted by Gasteiger charge is 2.55. The van der Waals surface area contributed by atoms with Gasteiger partial charge in [0.2, 0.25) is 5.96 Å². The van der Waals surface area contributed by atoms with Gasteiger partial charge in [-0.05, 0) is 18.8 Å². The molecule has 1 saturated carbocycles. The van der Waals surface area contributed by atoms with Gasteiger partial charge in [-0.1, -0.05) is 0 Å². The molecule has 1 aliphatic carbocycles. The molecule has 1 atom stereocenters. The molecule has 7 heteroatoms. The van der Waals surface area contributed by atoms with Gasteiger partial charge in [0, 0.05) is 0 Å². The van der Waals surface area contributed by atoms with E-state index in [4.69, 9.17) is 11.3 Å². The number of aliphatic imine (C=N–C) groups is 1. The maximum atomic E-state index is 12.5. The second kappa shape index (κ2) is 2.69. The first kappa shape index (κ1) is 9.45. The Morgan fingerprint density at radius 3 is 2.36 bits per heavy atom. The minimum atomic E-state index is -4.31. The van der Waals surface area contributed by atoms with Gasteiger partial charge in [0.1, 0.15) is 11.8 Å². The van der Waals surface area contributed by atoms with Crippen LogP contribution in [-0.2, 0) is 0 Å². The van der Waals surface area contributed by atoms with Gasteiger partial charge >= 0.3 is 6.18 Å². The van der Waals surface area contributed by atoms with Crippen molar-refractivity contribution in [2.45, 2.75) is 19.0 Å². The van der Waals surface area contributed by atoms with E-state index in [1.54, 1.807) is 0 Å². The summed E-state index contributed by atoms with van der Waals surface area (Å²) in [5, 5.41) is 7.68. The lowest BCUT2D eigenvalue weighted by Crippen LogP contribution is -2.56. The number of hydrazine groups is 1. The van der Waals surface area contributed by atoms with Gasteiger partial charge < -0.3 is 0 Å². The van der Waals surface area contributed by atoms with E-state index in [1.807, 2.05) is 0 Å². The average Bonchev–Trinajstić information content (AvgIpc) is 2.85. The second-order valence-electron chi connectivity index (χ2n) is 3.52. The molecule has 14 heavy (non-hydrogen) atoms. The van der Waals surface area contributed by atoms with Crippen LogP contribution in [0.4, 0.5) is 13.2 Å². The molecular formula is C7H9F3N4. The van der Waals surface area contributed by atoms with E-state index < -0.39 is 18.0 Å². The van der Waals surface area contributed by atoms with E-state index in [2.05, 4.69) is 4.99 Å². The highest BCUT2D eigenvalue weighted by Crippen LogP contribution is 2.47. The number of amidine groups is 1. The maximum Gasteiger partial charge on any atom is 0.399 e. The summed E-state index contributed by atoms with van der Waals surface area (Å²) in [6.45, 7) is 0. The van der Waals surface area contributed by atoms with Gasteiger partial charge in [0.05, 0.1) is 0 Å². The first-order valence-electron chi connectivity index (χ1n) is 4.20. The zero-order valence-electron chi connectivity index (χ0n) is 7.17. The van der Waals surface area contributed by atoms with E-state index in [0.29, 0.717) is 17.9 Å². The number of guanidine groups is 1. The van der Waals surface area contributed by atoms with Crippen molar-refractivity contribution in [2.75, 3.05) is 0 Å². The molecule has 3 N–H and O–H groups in total. The van der Waals surface area contributed by atoms with Crippen LogP contribution in [-0.4, -0.2) is 23.0 Å². The third-order valence-corrected chi connectivity index (χ3v) is 2.42. The molecule has 1 fully saturated rings. The molecule has 1 heterocycles. The second-order valence-corrected chi connectivity index (χ2v) is 3.52. The number of halogens is 3. The van der Waals surface area contributed by atoms with Gasteiger partial charge in [0.15, 0.2) is 0 Å². The Bertz CT molecular complexity index is 305. The van der Waals surface area contributed by atoms with E-state index in [0.717, 1.165) is 0 Å². The summed E-state index contributed by atoms with van der Waals surface area (Å²) in [5.41, 5.74) is 0. The number of nitrogens with two attached hydrogens (primary N) is 1. The Labute approximate surface area is 78.1 Å². The van der Waals surface area contributed by atoms with Crippen molar-refractivity contribution in [3.8, 4) is 0 Å². The summed E-state index contributed by atoms with van der Waals surface area (Å²) < 4.78 is 37.6. The standard InChI is InChI=1S/C7H9F3N4/c8-7(9,10)4(3-1-2-3)5-13-6(11)14(5)12/h3-4,11H,1-2,12H2. The normalized spacial score (nSPS) is 24.4. The van der Waals surface area contributed by atoms with Crippen LogP contribution >= 0.6 is 0 Å². The molecule has 0 bridgehead atoms. The zero-order valence-corrected chi connectivity index (χ0v) is 7.17. The highest BCUT2D eigenvalue weighted by molar-refractivity contribution is 6.13. The number of nitrogens with zero attached hydrogens (tertiary/aromatic N) is 2. The molecule has 4 nitrogen and oxygen atoms in total. The monoisotopic (exact) mass is 206 g/mol.